The van der Waals surface area contributed by atoms with Gasteiger partial charge in [-0.15, -0.1) is 0 Å². The summed E-state index contributed by atoms with van der Waals surface area (Å²) in [7, 11) is 1.63. The Bertz CT molecular complexity index is 276. The molecule has 6 heteroatoms. The molecule has 0 aromatic heterocycles. The third kappa shape index (κ3) is 2.95. The van der Waals surface area contributed by atoms with Crippen LogP contribution in [-0.4, -0.2) is 41.3 Å². The number of carbonyl (C=O) groups is 2. The molecule has 0 unspecified atom stereocenters. The van der Waals surface area contributed by atoms with Crippen molar-refractivity contribution >= 4 is 29.0 Å². The molecule has 1 rings (SSSR count). The Labute approximate surface area is 87.6 Å². The Morgan fingerprint density at radius 1 is 1.57 bits per heavy atom. The molecule has 0 bridgehead atoms. The lowest BCUT2D eigenvalue weighted by molar-refractivity contribution is -0.145. The Morgan fingerprint density at radius 2 is 2.14 bits per heavy atom. The summed E-state index contributed by atoms with van der Waals surface area (Å²) in [6.45, 7) is 0.0679. The summed E-state index contributed by atoms with van der Waals surface area (Å²) < 4.78 is 0. The van der Waals surface area contributed by atoms with Gasteiger partial charge in [0.1, 0.15) is 0 Å². The number of carbonyl (C=O) groups excluding carboxylic acids is 2. The Morgan fingerprint density at radius 3 is 2.57 bits per heavy atom. The van der Waals surface area contributed by atoms with Gasteiger partial charge in [0.2, 0.25) is 0 Å². The number of likely N-dealkylation sites (N-methyl/N-ethyl adjacent to an activating group) is 1. The molecule has 1 aliphatic rings. The molecular formula is C8H13N3O2S. The monoisotopic (exact) mass is 215 g/mol. The number of amides is 2. The smallest absolute Gasteiger partial charge is 0.311 e. The average molecular weight is 215 g/mol. The molecule has 0 heterocycles. The predicted octanol–water partition coefficient (Wildman–Crippen LogP) is -0.990. The number of thiocarbonyl (C=S) groups is 1. The van der Waals surface area contributed by atoms with Crippen molar-refractivity contribution in [3.63, 3.8) is 0 Å². The maximum Gasteiger partial charge on any atom is 0.311 e. The Hall–Kier alpha value is -1.17. The quantitative estimate of drug-likeness (QED) is 0.468. The fourth-order valence-corrected chi connectivity index (χ4v) is 1.10. The molecule has 14 heavy (non-hydrogen) atoms. The topological polar surface area (TPSA) is 75.4 Å². The zero-order chi connectivity index (χ0) is 10.7. The molecule has 1 aliphatic carbocycles. The van der Waals surface area contributed by atoms with Crippen LogP contribution in [0.5, 0.6) is 0 Å². The maximum atomic E-state index is 11.4. The predicted molar refractivity (Wildman–Crippen MR) is 55.6 cm³/mol. The van der Waals surface area contributed by atoms with Crippen LogP contribution >= 0.6 is 12.2 Å². The molecule has 0 aromatic rings. The molecule has 0 spiro atoms. The van der Waals surface area contributed by atoms with Crippen molar-refractivity contribution in [1.82, 2.24) is 10.2 Å². The van der Waals surface area contributed by atoms with Crippen molar-refractivity contribution in [2.75, 3.05) is 13.6 Å². The molecule has 2 amide bonds. The van der Waals surface area contributed by atoms with Crippen LogP contribution in [0.2, 0.25) is 0 Å². The van der Waals surface area contributed by atoms with E-state index in [2.05, 4.69) is 17.5 Å². The van der Waals surface area contributed by atoms with Gasteiger partial charge >= 0.3 is 11.8 Å². The summed E-state index contributed by atoms with van der Waals surface area (Å²) in [4.78, 5) is 24.2. The van der Waals surface area contributed by atoms with Crippen LogP contribution in [0, 0.1) is 0 Å². The summed E-state index contributed by atoms with van der Waals surface area (Å²) in [6, 6.07) is 0.234. The van der Waals surface area contributed by atoms with E-state index < -0.39 is 11.8 Å². The SMILES string of the molecule is CN(C(=O)C(=O)NCC(N)=S)C1CC1. The van der Waals surface area contributed by atoms with Crippen LogP contribution in [0.25, 0.3) is 0 Å². The lowest BCUT2D eigenvalue weighted by Gasteiger charge is -2.15. The molecule has 78 valence electrons. The second-order valence-electron chi connectivity index (χ2n) is 3.30. The highest BCUT2D eigenvalue weighted by molar-refractivity contribution is 7.80. The van der Waals surface area contributed by atoms with E-state index in [1.165, 1.54) is 4.90 Å². The van der Waals surface area contributed by atoms with Crippen molar-refractivity contribution in [2.45, 2.75) is 18.9 Å². The van der Waals surface area contributed by atoms with E-state index in [1.807, 2.05) is 0 Å². The van der Waals surface area contributed by atoms with E-state index in [9.17, 15) is 9.59 Å². The fourth-order valence-electron chi connectivity index (χ4n) is 1.03. The van der Waals surface area contributed by atoms with Crippen molar-refractivity contribution in [1.29, 1.82) is 0 Å². The van der Waals surface area contributed by atoms with Crippen LogP contribution < -0.4 is 11.1 Å². The average Bonchev–Trinajstić information content (AvgIpc) is 2.94. The number of nitrogens with zero attached hydrogens (tertiary/aromatic N) is 1. The Balaban J connectivity index is 2.35. The minimum absolute atomic E-state index is 0.0679. The first-order valence-electron chi connectivity index (χ1n) is 4.35. The van der Waals surface area contributed by atoms with Gasteiger partial charge < -0.3 is 16.0 Å². The van der Waals surface area contributed by atoms with Gasteiger partial charge in [-0.25, -0.2) is 0 Å². The third-order valence-corrected chi connectivity index (χ3v) is 2.18. The summed E-state index contributed by atoms with van der Waals surface area (Å²) in [5, 5.41) is 2.35. The lowest BCUT2D eigenvalue weighted by atomic mass is 10.4. The van der Waals surface area contributed by atoms with E-state index in [4.69, 9.17) is 5.73 Å². The third-order valence-electron chi connectivity index (χ3n) is 2.03. The Kier molecular flexibility index (Phi) is 3.40. The highest BCUT2D eigenvalue weighted by atomic mass is 32.1. The number of nitrogens with two attached hydrogens (primary N) is 1. The van der Waals surface area contributed by atoms with Crippen LogP contribution in [0.4, 0.5) is 0 Å². The first-order chi connectivity index (χ1) is 6.52. The molecular weight excluding hydrogens is 202 g/mol. The van der Waals surface area contributed by atoms with Crippen LogP contribution in [0.3, 0.4) is 0 Å². The van der Waals surface area contributed by atoms with Gasteiger partial charge in [-0.2, -0.15) is 0 Å². The van der Waals surface area contributed by atoms with Crippen molar-refractivity contribution in [3.05, 3.63) is 0 Å². The molecule has 0 aliphatic heterocycles. The molecule has 1 saturated carbocycles. The highest BCUT2D eigenvalue weighted by Gasteiger charge is 2.32. The van der Waals surface area contributed by atoms with E-state index in [0.29, 0.717) is 0 Å². The zero-order valence-corrected chi connectivity index (χ0v) is 8.76. The van der Waals surface area contributed by atoms with Crippen molar-refractivity contribution in [3.8, 4) is 0 Å². The normalized spacial score (nSPS) is 14.6. The van der Waals surface area contributed by atoms with Gasteiger partial charge in [0, 0.05) is 13.1 Å². The summed E-state index contributed by atoms with van der Waals surface area (Å²) in [6.07, 6.45) is 1.95. The van der Waals surface area contributed by atoms with E-state index in [-0.39, 0.29) is 17.6 Å². The molecule has 5 nitrogen and oxygen atoms in total. The van der Waals surface area contributed by atoms with Gasteiger partial charge in [0.25, 0.3) is 0 Å². The largest absolute Gasteiger partial charge is 0.392 e. The lowest BCUT2D eigenvalue weighted by Crippen LogP contribution is -2.44. The van der Waals surface area contributed by atoms with Gasteiger partial charge in [0.05, 0.1) is 11.5 Å². The molecule has 1 fully saturated rings. The summed E-state index contributed by atoms with van der Waals surface area (Å²) >= 11 is 4.57. The van der Waals surface area contributed by atoms with E-state index >= 15 is 0 Å². The molecule has 3 N–H and O–H groups in total. The molecule has 0 aromatic carbocycles. The first kappa shape index (κ1) is 10.9. The second-order valence-corrected chi connectivity index (χ2v) is 3.82. The summed E-state index contributed by atoms with van der Waals surface area (Å²) in [5.41, 5.74) is 5.18. The summed E-state index contributed by atoms with van der Waals surface area (Å²) in [5.74, 6) is -1.17. The van der Waals surface area contributed by atoms with E-state index in [1.54, 1.807) is 7.05 Å². The van der Waals surface area contributed by atoms with Crippen LogP contribution in [0.1, 0.15) is 12.8 Å². The van der Waals surface area contributed by atoms with Crippen LogP contribution in [-0.2, 0) is 9.59 Å². The highest BCUT2D eigenvalue weighted by Crippen LogP contribution is 2.25. The minimum atomic E-state index is -0.646. The van der Waals surface area contributed by atoms with Crippen molar-refractivity contribution < 1.29 is 9.59 Å². The van der Waals surface area contributed by atoms with E-state index in [0.717, 1.165) is 12.8 Å². The van der Waals surface area contributed by atoms with Gasteiger partial charge in [-0.1, -0.05) is 12.2 Å². The number of nitrogens with one attached hydrogen (secondary N) is 1. The molecule has 0 saturated heterocycles. The number of hydrogen-bond acceptors (Lipinski definition) is 3. The fraction of sp³-hybridized carbons (Fsp3) is 0.625. The second kappa shape index (κ2) is 4.36. The van der Waals surface area contributed by atoms with Gasteiger partial charge in [-0.3, -0.25) is 9.59 Å². The van der Waals surface area contributed by atoms with Crippen molar-refractivity contribution in [2.24, 2.45) is 5.73 Å². The standard InChI is InChI=1S/C8H13N3O2S/c1-11(5-2-3-5)8(13)7(12)10-4-6(9)14/h5H,2-4H2,1H3,(H2,9,14)(H,10,12). The zero-order valence-electron chi connectivity index (χ0n) is 7.95. The first-order valence-corrected chi connectivity index (χ1v) is 4.76. The maximum absolute atomic E-state index is 11.4. The number of hydrogen-bond donors (Lipinski definition) is 2. The van der Waals surface area contributed by atoms with Gasteiger partial charge in [-0.05, 0) is 12.8 Å². The molecule has 0 radical (unpaired) electrons. The molecule has 0 atom stereocenters. The van der Waals surface area contributed by atoms with Gasteiger partial charge in [0.15, 0.2) is 0 Å². The van der Waals surface area contributed by atoms with Crippen LogP contribution in [0.15, 0.2) is 0 Å². The minimum Gasteiger partial charge on any atom is -0.392 e. The number of rotatable bonds is 3.